The number of hydrogen-bond acceptors (Lipinski definition) is 3. The van der Waals surface area contributed by atoms with Crippen LogP contribution in [0, 0.1) is 0 Å². The van der Waals surface area contributed by atoms with E-state index in [9.17, 15) is 14.7 Å². The summed E-state index contributed by atoms with van der Waals surface area (Å²) in [5.41, 5.74) is 6.79. The quantitative estimate of drug-likeness (QED) is 0.251. The minimum absolute atomic E-state index is 0.253. The normalized spacial score (nSPS) is 11.5. The molecule has 2 aromatic heterocycles. The van der Waals surface area contributed by atoms with E-state index in [4.69, 9.17) is 4.74 Å². The SMILES string of the molecule is COC(=O)c1ccc(-n2c3ccccc3c3cc4c(cc32)c2ccccc2n4-c2ccc(C(=O)O)cc2)cc1. The van der Waals surface area contributed by atoms with Crippen molar-refractivity contribution >= 4 is 55.6 Å². The van der Waals surface area contributed by atoms with E-state index in [0.717, 1.165) is 55.0 Å². The van der Waals surface area contributed by atoms with Gasteiger partial charge in [-0.1, -0.05) is 36.4 Å². The molecule has 0 aliphatic carbocycles. The lowest BCUT2D eigenvalue weighted by Gasteiger charge is -2.10. The second-order valence-electron chi connectivity index (χ2n) is 9.48. The van der Waals surface area contributed by atoms with Crippen molar-refractivity contribution < 1.29 is 19.4 Å². The highest BCUT2D eigenvalue weighted by atomic mass is 16.5. The van der Waals surface area contributed by atoms with Crippen molar-refractivity contribution in [1.29, 1.82) is 0 Å². The maximum atomic E-state index is 12.0. The van der Waals surface area contributed by atoms with E-state index in [1.54, 1.807) is 24.3 Å². The van der Waals surface area contributed by atoms with Crippen LogP contribution in [0.25, 0.3) is 55.0 Å². The van der Waals surface area contributed by atoms with Gasteiger partial charge in [-0.15, -0.1) is 0 Å². The Kier molecular flexibility index (Phi) is 5.03. The molecule has 0 radical (unpaired) electrons. The summed E-state index contributed by atoms with van der Waals surface area (Å²) in [5, 5.41) is 13.8. The van der Waals surface area contributed by atoms with Crippen LogP contribution >= 0.6 is 0 Å². The Hall–Kier alpha value is -5.36. The third kappa shape index (κ3) is 3.42. The number of ether oxygens (including phenoxy) is 1. The fourth-order valence-corrected chi connectivity index (χ4v) is 5.60. The Labute approximate surface area is 222 Å². The second-order valence-corrected chi connectivity index (χ2v) is 9.48. The van der Waals surface area contributed by atoms with Crippen LogP contribution in [-0.2, 0) is 4.74 Å². The fraction of sp³-hybridized carbons (Fsp3) is 0.0303. The molecule has 0 unspecified atom stereocenters. The van der Waals surface area contributed by atoms with E-state index in [1.807, 2.05) is 48.5 Å². The molecule has 188 valence electrons. The van der Waals surface area contributed by atoms with Crippen molar-refractivity contribution in [3.63, 3.8) is 0 Å². The predicted molar refractivity (Wildman–Crippen MR) is 153 cm³/mol. The zero-order chi connectivity index (χ0) is 26.7. The number of aromatic carboxylic acids is 1. The summed E-state index contributed by atoms with van der Waals surface area (Å²) >= 11 is 0. The van der Waals surface area contributed by atoms with Gasteiger partial charge in [0.15, 0.2) is 0 Å². The van der Waals surface area contributed by atoms with Crippen LogP contribution in [0.3, 0.4) is 0 Å². The summed E-state index contributed by atoms with van der Waals surface area (Å²) in [6.45, 7) is 0. The highest BCUT2D eigenvalue weighted by molar-refractivity contribution is 6.19. The number of para-hydroxylation sites is 2. The van der Waals surface area contributed by atoms with Gasteiger partial charge in [0.05, 0.1) is 40.3 Å². The zero-order valence-electron chi connectivity index (χ0n) is 21.0. The molecule has 0 spiro atoms. The molecule has 7 aromatic rings. The second kappa shape index (κ2) is 8.60. The maximum Gasteiger partial charge on any atom is 0.337 e. The average molecular weight is 511 g/mol. The van der Waals surface area contributed by atoms with Gasteiger partial charge in [0, 0.05) is 32.9 Å². The lowest BCUT2D eigenvalue weighted by molar-refractivity contribution is 0.0599. The molecule has 0 atom stereocenters. The highest BCUT2D eigenvalue weighted by Gasteiger charge is 2.18. The number of rotatable bonds is 4. The molecule has 6 nitrogen and oxygen atoms in total. The first kappa shape index (κ1) is 22.8. The minimum Gasteiger partial charge on any atom is -0.478 e. The van der Waals surface area contributed by atoms with Crippen LogP contribution in [0.4, 0.5) is 0 Å². The van der Waals surface area contributed by atoms with Gasteiger partial charge in [-0.3, -0.25) is 0 Å². The molecule has 6 heteroatoms. The molecule has 0 fully saturated rings. The minimum atomic E-state index is -0.946. The van der Waals surface area contributed by atoms with Gasteiger partial charge in [-0.2, -0.15) is 0 Å². The van der Waals surface area contributed by atoms with Gasteiger partial charge >= 0.3 is 11.9 Å². The van der Waals surface area contributed by atoms with Crippen molar-refractivity contribution in [2.75, 3.05) is 7.11 Å². The number of nitrogens with zero attached hydrogens (tertiary/aromatic N) is 2. The number of esters is 1. The van der Waals surface area contributed by atoms with Crippen LogP contribution in [0.1, 0.15) is 20.7 Å². The molecule has 39 heavy (non-hydrogen) atoms. The summed E-state index contributed by atoms with van der Waals surface area (Å²) < 4.78 is 9.28. The first-order valence-electron chi connectivity index (χ1n) is 12.5. The smallest absolute Gasteiger partial charge is 0.337 e. The summed E-state index contributed by atoms with van der Waals surface area (Å²) in [4.78, 5) is 23.5. The van der Waals surface area contributed by atoms with Gasteiger partial charge < -0.3 is 19.0 Å². The van der Waals surface area contributed by atoms with E-state index in [-0.39, 0.29) is 11.5 Å². The molecule has 0 aliphatic heterocycles. The molecule has 0 saturated carbocycles. The van der Waals surface area contributed by atoms with Crippen molar-refractivity contribution in [2.45, 2.75) is 0 Å². The molecule has 2 heterocycles. The monoisotopic (exact) mass is 510 g/mol. The molecular weight excluding hydrogens is 488 g/mol. The number of aromatic nitrogens is 2. The Balaban J connectivity index is 1.55. The van der Waals surface area contributed by atoms with E-state index >= 15 is 0 Å². The lowest BCUT2D eigenvalue weighted by Crippen LogP contribution is -2.01. The summed E-state index contributed by atoms with van der Waals surface area (Å²) in [7, 11) is 1.38. The third-order valence-corrected chi connectivity index (χ3v) is 7.39. The van der Waals surface area contributed by atoms with Crippen LogP contribution in [0.15, 0.2) is 109 Å². The molecule has 1 N–H and O–H groups in total. The number of hydrogen-bond donors (Lipinski definition) is 1. The van der Waals surface area contributed by atoms with Gasteiger partial charge in [0.25, 0.3) is 0 Å². The van der Waals surface area contributed by atoms with E-state index in [0.29, 0.717) is 5.56 Å². The molecule has 0 saturated heterocycles. The Morgan fingerprint density at radius 2 is 1.00 bits per heavy atom. The first-order chi connectivity index (χ1) is 19.0. The molecule has 7 rings (SSSR count). The molecule has 0 amide bonds. The summed E-state index contributed by atoms with van der Waals surface area (Å²) in [6, 6.07) is 35.4. The number of fused-ring (bicyclic) bond motifs is 6. The van der Waals surface area contributed by atoms with Crippen molar-refractivity contribution in [1.82, 2.24) is 9.13 Å². The van der Waals surface area contributed by atoms with Gasteiger partial charge in [0.2, 0.25) is 0 Å². The number of carbonyl (C=O) groups is 2. The number of carboxylic acid groups (broad SMARTS) is 1. The lowest BCUT2D eigenvalue weighted by atomic mass is 10.1. The van der Waals surface area contributed by atoms with Crippen molar-refractivity contribution in [2.24, 2.45) is 0 Å². The molecule has 0 aliphatic rings. The Morgan fingerprint density at radius 3 is 1.44 bits per heavy atom. The van der Waals surface area contributed by atoms with Crippen molar-refractivity contribution in [3.05, 3.63) is 120 Å². The van der Waals surface area contributed by atoms with Crippen molar-refractivity contribution in [3.8, 4) is 11.4 Å². The molecule has 0 bridgehead atoms. The zero-order valence-corrected chi connectivity index (χ0v) is 21.0. The van der Waals surface area contributed by atoms with Gasteiger partial charge in [-0.05, 0) is 72.8 Å². The van der Waals surface area contributed by atoms with Crippen LogP contribution in [0.5, 0.6) is 0 Å². The third-order valence-electron chi connectivity index (χ3n) is 7.39. The summed E-state index contributed by atoms with van der Waals surface area (Å²) in [6.07, 6.45) is 0. The first-order valence-corrected chi connectivity index (χ1v) is 12.5. The molecular formula is C33H22N2O4. The number of methoxy groups -OCH3 is 1. The van der Waals surface area contributed by atoms with E-state index < -0.39 is 5.97 Å². The van der Waals surface area contributed by atoms with Gasteiger partial charge in [-0.25, -0.2) is 9.59 Å². The van der Waals surface area contributed by atoms with Crippen LogP contribution in [0.2, 0.25) is 0 Å². The standard InChI is InChI=1S/C33H22N2O4/c1-39-33(38)21-12-16-23(17-13-21)35-29-9-5-3-7-25(29)27-18-30-26(19-31(27)35)24-6-2-4-8-28(24)34(30)22-14-10-20(11-15-22)32(36)37/h2-19H,1H3,(H,36,37). The number of benzene rings is 5. The average Bonchev–Trinajstić information content (AvgIpc) is 3.48. The van der Waals surface area contributed by atoms with E-state index in [2.05, 4.69) is 45.5 Å². The predicted octanol–water partition coefficient (Wildman–Crippen LogP) is 7.37. The Morgan fingerprint density at radius 1 is 0.564 bits per heavy atom. The molecule has 5 aromatic carbocycles. The number of carbonyl (C=O) groups excluding carboxylic acids is 1. The van der Waals surface area contributed by atoms with Crippen LogP contribution in [-0.4, -0.2) is 33.3 Å². The van der Waals surface area contributed by atoms with Gasteiger partial charge in [0.1, 0.15) is 0 Å². The largest absolute Gasteiger partial charge is 0.478 e. The topological polar surface area (TPSA) is 73.5 Å². The fourth-order valence-electron chi connectivity index (χ4n) is 5.60. The Bertz CT molecular complexity index is 2080. The number of carboxylic acids is 1. The van der Waals surface area contributed by atoms with Crippen LogP contribution < -0.4 is 0 Å². The van der Waals surface area contributed by atoms with E-state index in [1.165, 1.54) is 7.11 Å². The highest BCUT2D eigenvalue weighted by Crippen LogP contribution is 2.39. The summed E-state index contributed by atoms with van der Waals surface area (Å²) in [5.74, 6) is -1.31. The maximum absolute atomic E-state index is 12.0.